The average Bonchev–Trinajstić information content (AvgIpc) is 3.18. The van der Waals surface area contributed by atoms with E-state index in [9.17, 15) is 9.59 Å². The van der Waals surface area contributed by atoms with E-state index >= 15 is 0 Å². The number of ether oxygens (including phenoxy) is 2. The van der Waals surface area contributed by atoms with E-state index in [0.29, 0.717) is 30.4 Å². The van der Waals surface area contributed by atoms with Crippen molar-refractivity contribution in [2.45, 2.75) is 6.42 Å². The number of rotatable bonds is 7. The van der Waals surface area contributed by atoms with Gasteiger partial charge in [0.05, 0.1) is 6.61 Å². The number of hydrogen-bond donors (Lipinski definition) is 2. The van der Waals surface area contributed by atoms with E-state index in [1.807, 2.05) is 36.4 Å². The van der Waals surface area contributed by atoms with Gasteiger partial charge < -0.3 is 20.5 Å². The Balaban J connectivity index is 1.69. The topological polar surface area (TPSA) is 90.7 Å². The number of carbonyl (C=O) groups excluding carboxylic acids is 2. The van der Waals surface area contributed by atoms with Crippen molar-refractivity contribution < 1.29 is 19.1 Å². The van der Waals surface area contributed by atoms with E-state index in [2.05, 4.69) is 5.32 Å². The highest BCUT2D eigenvalue weighted by atomic mass is 16.5. The molecule has 0 aliphatic carbocycles. The van der Waals surface area contributed by atoms with Crippen molar-refractivity contribution in [1.82, 2.24) is 5.32 Å². The first-order valence-electron chi connectivity index (χ1n) is 8.59. The van der Waals surface area contributed by atoms with Gasteiger partial charge in [-0.05, 0) is 41.8 Å². The predicted molar refractivity (Wildman–Crippen MR) is 97.8 cm³/mol. The molecule has 0 radical (unpaired) electrons. The second-order valence-electron chi connectivity index (χ2n) is 6.30. The summed E-state index contributed by atoms with van der Waals surface area (Å²) < 4.78 is 10.7. The molecule has 2 aromatic rings. The number of nitrogens with two attached hydrogens (primary N) is 1. The van der Waals surface area contributed by atoms with Gasteiger partial charge in [0.2, 0.25) is 0 Å². The van der Waals surface area contributed by atoms with Crippen LogP contribution in [0, 0.1) is 5.92 Å². The first kappa shape index (κ1) is 17.9. The fraction of sp³-hybridized carbons (Fsp3) is 0.300. The summed E-state index contributed by atoms with van der Waals surface area (Å²) in [7, 11) is 0. The summed E-state index contributed by atoms with van der Waals surface area (Å²) >= 11 is 0. The summed E-state index contributed by atoms with van der Waals surface area (Å²) in [6.45, 7) is 1.93. The summed E-state index contributed by atoms with van der Waals surface area (Å²) in [6, 6.07) is 14.7. The first-order chi connectivity index (χ1) is 12.6. The molecule has 6 heteroatoms. The molecule has 136 valence electrons. The highest BCUT2D eigenvalue weighted by Gasteiger charge is 2.17. The first-order valence-corrected chi connectivity index (χ1v) is 8.59. The van der Waals surface area contributed by atoms with Gasteiger partial charge in [-0.3, -0.25) is 9.59 Å². The van der Waals surface area contributed by atoms with Crippen LogP contribution in [-0.2, 0) is 9.53 Å². The van der Waals surface area contributed by atoms with Gasteiger partial charge in [-0.1, -0.05) is 24.3 Å². The lowest BCUT2D eigenvalue weighted by molar-refractivity contribution is -0.119. The zero-order chi connectivity index (χ0) is 18.4. The molecular weight excluding hydrogens is 332 g/mol. The van der Waals surface area contributed by atoms with Crippen LogP contribution in [0.25, 0.3) is 11.1 Å². The fourth-order valence-electron chi connectivity index (χ4n) is 2.84. The normalized spacial score (nSPS) is 16.2. The summed E-state index contributed by atoms with van der Waals surface area (Å²) in [5.74, 6) is 0.320. The minimum Gasteiger partial charge on any atom is -0.484 e. The van der Waals surface area contributed by atoms with Crippen molar-refractivity contribution in [3.8, 4) is 16.9 Å². The second-order valence-corrected chi connectivity index (χ2v) is 6.30. The van der Waals surface area contributed by atoms with Crippen molar-refractivity contribution in [3.05, 3.63) is 54.1 Å². The standard InChI is InChI=1S/C20H22N2O4/c21-19(23)13-26-18-6-2-4-16(10-18)15-3-1-5-17(9-15)20(24)22-11-14-7-8-25-12-14/h1-6,9-10,14H,7-8,11-13H2,(H2,21,23)(H,22,24)/t14-/m1/s1. The number of amides is 2. The lowest BCUT2D eigenvalue weighted by Crippen LogP contribution is -2.29. The maximum absolute atomic E-state index is 12.4. The molecular formula is C20H22N2O4. The Morgan fingerprint density at radius 1 is 1.15 bits per heavy atom. The maximum Gasteiger partial charge on any atom is 0.255 e. The lowest BCUT2D eigenvalue weighted by atomic mass is 10.0. The van der Waals surface area contributed by atoms with Crippen LogP contribution in [0.3, 0.4) is 0 Å². The molecule has 1 heterocycles. The third kappa shape index (κ3) is 4.83. The highest BCUT2D eigenvalue weighted by Crippen LogP contribution is 2.25. The van der Waals surface area contributed by atoms with Crippen molar-refractivity contribution in [2.24, 2.45) is 11.7 Å². The molecule has 1 saturated heterocycles. The molecule has 0 spiro atoms. The van der Waals surface area contributed by atoms with Crippen LogP contribution in [0.2, 0.25) is 0 Å². The van der Waals surface area contributed by atoms with Crippen LogP contribution in [0.15, 0.2) is 48.5 Å². The SMILES string of the molecule is NC(=O)COc1cccc(-c2cccc(C(=O)NC[C@H]3CCOC3)c2)c1. The third-order valence-corrected chi connectivity index (χ3v) is 4.25. The number of nitrogens with one attached hydrogen (secondary N) is 1. The van der Waals surface area contributed by atoms with Gasteiger partial charge in [0.25, 0.3) is 11.8 Å². The Labute approximate surface area is 152 Å². The molecule has 0 saturated carbocycles. The largest absolute Gasteiger partial charge is 0.484 e. The molecule has 1 atom stereocenters. The Morgan fingerprint density at radius 3 is 2.65 bits per heavy atom. The second kappa shape index (κ2) is 8.49. The molecule has 1 aliphatic heterocycles. The van der Waals surface area contributed by atoms with Crippen LogP contribution >= 0.6 is 0 Å². The van der Waals surface area contributed by atoms with E-state index in [0.717, 1.165) is 24.2 Å². The monoisotopic (exact) mass is 354 g/mol. The lowest BCUT2D eigenvalue weighted by Gasteiger charge is -2.11. The predicted octanol–water partition coefficient (Wildman–Crippen LogP) is 1.98. The van der Waals surface area contributed by atoms with Gasteiger partial charge in [-0.2, -0.15) is 0 Å². The van der Waals surface area contributed by atoms with Gasteiger partial charge in [-0.25, -0.2) is 0 Å². The van der Waals surface area contributed by atoms with Crippen LogP contribution in [0.5, 0.6) is 5.75 Å². The van der Waals surface area contributed by atoms with Gasteiger partial charge in [0.1, 0.15) is 5.75 Å². The van der Waals surface area contributed by atoms with Gasteiger partial charge in [0, 0.05) is 24.6 Å². The Morgan fingerprint density at radius 2 is 1.92 bits per heavy atom. The Kier molecular flexibility index (Phi) is 5.86. The van der Waals surface area contributed by atoms with Gasteiger partial charge in [-0.15, -0.1) is 0 Å². The van der Waals surface area contributed by atoms with Crippen LogP contribution in [-0.4, -0.2) is 38.2 Å². The van der Waals surface area contributed by atoms with Crippen molar-refractivity contribution in [2.75, 3.05) is 26.4 Å². The van der Waals surface area contributed by atoms with Crippen molar-refractivity contribution in [3.63, 3.8) is 0 Å². The third-order valence-electron chi connectivity index (χ3n) is 4.25. The molecule has 0 bridgehead atoms. The summed E-state index contributed by atoms with van der Waals surface area (Å²) in [4.78, 5) is 23.3. The Hall–Kier alpha value is -2.86. The van der Waals surface area contributed by atoms with Gasteiger partial charge in [0.15, 0.2) is 6.61 Å². The zero-order valence-electron chi connectivity index (χ0n) is 14.4. The molecule has 2 aromatic carbocycles. The van der Waals surface area contributed by atoms with E-state index in [1.165, 1.54) is 0 Å². The average molecular weight is 354 g/mol. The highest BCUT2D eigenvalue weighted by molar-refractivity contribution is 5.95. The minimum atomic E-state index is -0.526. The molecule has 6 nitrogen and oxygen atoms in total. The molecule has 3 N–H and O–H groups in total. The number of primary amides is 1. The molecule has 26 heavy (non-hydrogen) atoms. The number of hydrogen-bond acceptors (Lipinski definition) is 4. The molecule has 1 fully saturated rings. The molecule has 1 aliphatic rings. The quantitative estimate of drug-likeness (QED) is 0.795. The molecule has 2 amide bonds. The Bertz CT molecular complexity index is 785. The van der Waals surface area contributed by atoms with E-state index in [4.69, 9.17) is 15.2 Å². The molecule has 0 aromatic heterocycles. The zero-order valence-corrected chi connectivity index (χ0v) is 14.4. The minimum absolute atomic E-state index is 0.0973. The fourth-order valence-corrected chi connectivity index (χ4v) is 2.84. The van der Waals surface area contributed by atoms with Crippen molar-refractivity contribution >= 4 is 11.8 Å². The molecule has 3 rings (SSSR count). The van der Waals surface area contributed by atoms with Crippen LogP contribution in [0.4, 0.5) is 0 Å². The van der Waals surface area contributed by atoms with E-state index < -0.39 is 5.91 Å². The summed E-state index contributed by atoms with van der Waals surface area (Å²) in [5.41, 5.74) is 7.49. The maximum atomic E-state index is 12.4. The van der Waals surface area contributed by atoms with Gasteiger partial charge >= 0.3 is 0 Å². The summed E-state index contributed by atoms with van der Waals surface area (Å²) in [5, 5.41) is 2.97. The molecule has 0 unspecified atom stereocenters. The van der Waals surface area contributed by atoms with Crippen LogP contribution < -0.4 is 15.8 Å². The smallest absolute Gasteiger partial charge is 0.255 e. The van der Waals surface area contributed by atoms with Crippen molar-refractivity contribution in [1.29, 1.82) is 0 Å². The number of benzene rings is 2. The number of carbonyl (C=O) groups is 2. The van der Waals surface area contributed by atoms with E-state index in [1.54, 1.807) is 12.1 Å². The van der Waals surface area contributed by atoms with Crippen LogP contribution in [0.1, 0.15) is 16.8 Å². The summed E-state index contributed by atoms with van der Waals surface area (Å²) in [6.07, 6.45) is 0.985. The van der Waals surface area contributed by atoms with E-state index in [-0.39, 0.29) is 12.5 Å².